The largest absolute Gasteiger partial charge is 0.335 e. The van der Waals surface area contributed by atoms with Crippen molar-refractivity contribution in [1.82, 2.24) is 14.8 Å². The van der Waals surface area contributed by atoms with E-state index in [1.807, 2.05) is 18.2 Å². The van der Waals surface area contributed by atoms with Gasteiger partial charge in [0.05, 0.1) is 10.6 Å². The zero-order valence-corrected chi connectivity index (χ0v) is 14.3. The zero-order valence-electron chi connectivity index (χ0n) is 12.8. The summed E-state index contributed by atoms with van der Waals surface area (Å²) in [6.07, 6.45) is 1.41. The van der Waals surface area contributed by atoms with Crippen molar-refractivity contribution >= 4 is 35.0 Å². The van der Waals surface area contributed by atoms with E-state index < -0.39 is 0 Å². The first-order valence-electron chi connectivity index (χ1n) is 7.51. The molecule has 2 aromatic rings. The third kappa shape index (κ3) is 3.52. The van der Waals surface area contributed by atoms with Crippen molar-refractivity contribution in [3.05, 3.63) is 63.9 Å². The first-order chi connectivity index (χ1) is 11.6. The van der Waals surface area contributed by atoms with E-state index in [-0.39, 0.29) is 22.0 Å². The van der Waals surface area contributed by atoms with Crippen molar-refractivity contribution < 1.29 is 9.59 Å². The van der Waals surface area contributed by atoms with Crippen LogP contribution in [0, 0.1) is 0 Å². The monoisotopic (exact) mass is 363 g/mol. The van der Waals surface area contributed by atoms with Gasteiger partial charge in [-0.1, -0.05) is 41.4 Å². The average Bonchev–Trinajstić information content (AvgIpc) is 2.63. The Bertz CT molecular complexity index is 760. The summed E-state index contributed by atoms with van der Waals surface area (Å²) in [5, 5.41) is 0.423. The molecule has 5 nitrogen and oxygen atoms in total. The van der Waals surface area contributed by atoms with Gasteiger partial charge in [-0.15, -0.1) is 0 Å². The van der Waals surface area contributed by atoms with Crippen LogP contribution in [0.2, 0.25) is 10.2 Å². The molecule has 24 heavy (non-hydrogen) atoms. The molecule has 1 saturated heterocycles. The van der Waals surface area contributed by atoms with Gasteiger partial charge in [0.15, 0.2) is 0 Å². The number of pyridine rings is 1. The summed E-state index contributed by atoms with van der Waals surface area (Å²) in [6, 6.07) is 10.6. The minimum atomic E-state index is -0.159. The first kappa shape index (κ1) is 16.7. The number of halogens is 2. The van der Waals surface area contributed by atoms with Gasteiger partial charge in [0.2, 0.25) is 0 Å². The lowest BCUT2D eigenvalue weighted by molar-refractivity contribution is 0.0535. The van der Waals surface area contributed by atoms with Crippen molar-refractivity contribution in [1.29, 1.82) is 0 Å². The second kappa shape index (κ2) is 7.20. The molecule has 0 radical (unpaired) electrons. The molecule has 0 atom stereocenters. The summed E-state index contributed by atoms with van der Waals surface area (Å²) in [5.41, 5.74) is 1.05. The Morgan fingerprint density at radius 3 is 1.96 bits per heavy atom. The normalized spacial score (nSPS) is 14.6. The highest BCUT2D eigenvalue weighted by Gasteiger charge is 2.25. The Balaban J connectivity index is 1.63. The fourth-order valence-corrected chi connectivity index (χ4v) is 2.87. The molecule has 0 spiro atoms. The Kier molecular flexibility index (Phi) is 5.02. The van der Waals surface area contributed by atoms with Gasteiger partial charge < -0.3 is 9.80 Å². The summed E-state index contributed by atoms with van der Waals surface area (Å²) < 4.78 is 0. The highest BCUT2D eigenvalue weighted by atomic mass is 35.5. The van der Waals surface area contributed by atoms with E-state index in [0.717, 1.165) is 0 Å². The number of rotatable bonds is 2. The Morgan fingerprint density at radius 1 is 0.875 bits per heavy atom. The van der Waals surface area contributed by atoms with Crippen LogP contribution in [-0.2, 0) is 0 Å². The van der Waals surface area contributed by atoms with Gasteiger partial charge in [0, 0.05) is 37.9 Å². The molecular weight excluding hydrogens is 349 g/mol. The molecule has 0 aliphatic carbocycles. The van der Waals surface area contributed by atoms with Crippen LogP contribution in [0.4, 0.5) is 0 Å². The van der Waals surface area contributed by atoms with Crippen LogP contribution in [-0.4, -0.2) is 52.8 Å². The van der Waals surface area contributed by atoms with Gasteiger partial charge >= 0.3 is 0 Å². The van der Waals surface area contributed by atoms with Crippen LogP contribution < -0.4 is 0 Å². The predicted molar refractivity (Wildman–Crippen MR) is 92.5 cm³/mol. The summed E-state index contributed by atoms with van der Waals surface area (Å²) in [5.74, 6) is -0.174. The molecule has 2 amide bonds. The number of aromatic nitrogens is 1. The second-order valence-corrected chi connectivity index (χ2v) is 6.21. The van der Waals surface area contributed by atoms with Crippen molar-refractivity contribution in [2.75, 3.05) is 26.2 Å². The fourth-order valence-electron chi connectivity index (χ4n) is 2.60. The SMILES string of the molecule is O=C(c1ccccc1)N1CCN(C(=O)c2cnc(Cl)c(Cl)c2)CC1. The fraction of sp³-hybridized carbons (Fsp3) is 0.235. The van der Waals surface area contributed by atoms with Gasteiger partial charge in [-0.25, -0.2) is 4.98 Å². The lowest BCUT2D eigenvalue weighted by atomic mass is 10.1. The lowest BCUT2D eigenvalue weighted by Crippen LogP contribution is -2.50. The molecular formula is C17H15Cl2N3O2. The van der Waals surface area contributed by atoms with E-state index in [4.69, 9.17) is 23.2 Å². The van der Waals surface area contributed by atoms with Crippen molar-refractivity contribution in [2.45, 2.75) is 0 Å². The molecule has 124 valence electrons. The number of amides is 2. The van der Waals surface area contributed by atoms with Crippen molar-refractivity contribution in [3.63, 3.8) is 0 Å². The van der Waals surface area contributed by atoms with Crippen LogP contribution in [0.25, 0.3) is 0 Å². The van der Waals surface area contributed by atoms with E-state index in [1.54, 1.807) is 21.9 Å². The summed E-state index contributed by atoms with van der Waals surface area (Å²) >= 11 is 11.7. The molecule has 7 heteroatoms. The van der Waals surface area contributed by atoms with Gasteiger partial charge in [0.1, 0.15) is 5.15 Å². The predicted octanol–water partition coefficient (Wildman–Crippen LogP) is 2.99. The van der Waals surface area contributed by atoms with E-state index >= 15 is 0 Å². The van der Waals surface area contributed by atoms with Gasteiger partial charge in [-0.2, -0.15) is 0 Å². The molecule has 3 rings (SSSR count). The highest BCUT2D eigenvalue weighted by Crippen LogP contribution is 2.21. The van der Waals surface area contributed by atoms with Gasteiger partial charge in [-0.05, 0) is 18.2 Å². The Labute approximate surface area is 149 Å². The molecule has 1 aliphatic heterocycles. The van der Waals surface area contributed by atoms with Crippen LogP contribution in [0.3, 0.4) is 0 Å². The number of benzene rings is 1. The molecule has 0 unspecified atom stereocenters. The molecule has 1 aromatic carbocycles. The second-order valence-electron chi connectivity index (χ2n) is 5.45. The third-order valence-electron chi connectivity index (χ3n) is 3.92. The Hall–Kier alpha value is -2.11. The zero-order chi connectivity index (χ0) is 17.1. The molecule has 0 bridgehead atoms. The van der Waals surface area contributed by atoms with Gasteiger partial charge in [-0.3, -0.25) is 9.59 Å². The van der Waals surface area contributed by atoms with Crippen molar-refractivity contribution in [3.8, 4) is 0 Å². The van der Waals surface area contributed by atoms with Gasteiger partial charge in [0.25, 0.3) is 11.8 Å². The first-order valence-corrected chi connectivity index (χ1v) is 8.26. The molecule has 1 aliphatic rings. The number of carbonyl (C=O) groups excluding carboxylic acids is 2. The number of piperazine rings is 1. The van der Waals surface area contributed by atoms with E-state index in [9.17, 15) is 9.59 Å². The number of carbonyl (C=O) groups is 2. The summed E-state index contributed by atoms with van der Waals surface area (Å²) in [6.45, 7) is 1.93. The smallest absolute Gasteiger partial charge is 0.255 e. The van der Waals surface area contributed by atoms with Crippen molar-refractivity contribution in [2.24, 2.45) is 0 Å². The van der Waals surface area contributed by atoms with E-state index in [0.29, 0.717) is 37.3 Å². The maximum Gasteiger partial charge on any atom is 0.255 e. The molecule has 0 saturated carbocycles. The van der Waals surface area contributed by atoms with E-state index in [2.05, 4.69) is 4.98 Å². The van der Waals surface area contributed by atoms with Crippen LogP contribution in [0.5, 0.6) is 0 Å². The van der Waals surface area contributed by atoms with E-state index in [1.165, 1.54) is 12.3 Å². The molecule has 0 N–H and O–H groups in total. The highest BCUT2D eigenvalue weighted by molar-refractivity contribution is 6.41. The van der Waals surface area contributed by atoms with Crippen LogP contribution in [0.1, 0.15) is 20.7 Å². The minimum Gasteiger partial charge on any atom is -0.335 e. The molecule has 1 aromatic heterocycles. The average molecular weight is 364 g/mol. The maximum atomic E-state index is 12.5. The molecule has 2 heterocycles. The number of nitrogens with zero attached hydrogens (tertiary/aromatic N) is 3. The maximum absolute atomic E-state index is 12.5. The summed E-state index contributed by atoms with van der Waals surface area (Å²) in [7, 11) is 0. The minimum absolute atomic E-state index is 0.0149. The standard InChI is InChI=1S/C17H15Cl2N3O2/c18-14-10-13(11-20-15(14)19)17(24)22-8-6-21(7-9-22)16(23)12-4-2-1-3-5-12/h1-5,10-11H,6-9H2. The lowest BCUT2D eigenvalue weighted by Gasteiger charge is -2.34. The molecule has 1 fully saturated rings. The Morgan fingerprint density at radius 2 is 1.42 bits per heavy atom. The number of hydrogen-bond acceptors (Lipinski definition) is 3. The third-order valence-corrected chi connectivity index (χ3v) is 4.60. The van der Waals surface area contributed by atoms with Crippen LogP contribution >= 0.6 is 23.2 Å². The van der Waals surface area contributed by atoms with Crippen LogP contribution in [0.15, 0.2) is 42.6 Å². The summed E-state index contributed by atoms with van der Waals surface area (Å²) in [4.78, 5) is 32.2. The topological polar surface area (TPSA) is 53.5 Å². The number of hydrogen-bond donors (Lipinski definition) is 0. The quantitative estimate of drug-likeness (QED) is 0.770.